The second-order valence-electron chi connectivity index (χ2n) is 8.52. The normalized spacial score (nSPS) is 12.9. The summed E-state index contributed by atoms with van der Waals surface area (Å²) in [5.41, 5.74) is 0.969. The van der Waals surface area contributed by atoms with Gasteiger partial charge in [0, 0.05) is 0 Å². The van der Waals surface area contributed by atoms with Crippen LogP contribution in [0.1, 0.15) is 32.8 Å². The third-order valence-corrected chi connectivity index (χ3v) is 10.3. The summed E-state index contributed by atoms with van der Waals surface area (Å²) in [6.45, 7) is 6.30. The molecule has 0 unspecified atom stereocenters. The van der Waals surface area contributed by atoms with Gasteiger partial charge in [-0.3, -0.25) is 4.79 Å². The van der Waals surface area contributed by atoms with Crippen molar-refractivity contribution in [2.75, 3.05) is 0 Å². The van der Waals surface area contributed by atoms with Crippen molar-refractivity contribution >= 4 is 24.7 Å². The van der Waals surface area contributed by atoms with E-state index in [9.17, 15) is 9.59 Å². The molecule has 0 aliphatic carbocycles. The standard InChI is InChI=1S/C26H30O3Si/c1-21(25(27)29-20-22-13-7-4-8-14-22)19-26(2,3)30(28,23-15-9-5-10-16-23)24-17-11-6-12-18-24/h4-18,21,28H,19-20H2,1-3H3/t21-/m1/s1. The monoisotopic (exact) mass is 418 g/mol. The van der Waals surface area contributed by atoms with Gasteiger partial charge in [-0.25, -0.2) is 0 Å². The zero-order valence-corrected chi connectivity index (χ0v) is 18.9. The summed E-state index contributed by atoms with van der Waals surface area (Å²) in [6, 6.07) is 29.5. The van der Waals surface area contributed by atoms with Crippen LogP contribution in [0.5, 0.6) is 0 Å². The number of hydrogen-bond donors (Lipinski definition) is 1. The molecule has 0 aliphatic heterocycles. The van der Waals surface area contributed by atoms with Gasteiger partial charge >= 0.3 is 5.97 Å². The molecule has 0 saturated carbocycles. The van der Waals surface area contributed by atoms with E-state index in [1.54, 1.807) is 0 Å². The van der Waals surface area contributed by atoms with Gasteiger partial charge in [0.1, 0.15) is 6.61 Å². The molecule has 3 nitrogen and oxygen atoms in total. The Morgan fingerprint density at radius 2 is 1.30 bits per heavy atom. The van der Waals surface area contributed by atoms with Gasteiger partial charge in [0.05, 0.1) is 5.92 Å². The van der Waals surface area contributed by atoms with Crippen LogP contribution >= 0.6 is 0 Å². The van der Waals surface area contributed by atoms with Crippen LogP contribution in [0.15, 0.2) is 91.0 Å². The second-order valence-corrected chi connectivity index (χ2v) is 12.5. The van der Waals surface area contributed by atoms with E-state index < -0.39 is 13.4 Å². The summed E-state index contributed by atoms with van der Waals surface area (Å²) in [7, 11) is -3.13. The van der Waals surface area contributed by atoms with E-state index in [-0.39, 0.29) is 18.5 Å². The second kappa shape index (κ2) is 9.41. The molecule has 0 bridgehead atoms. The number of ether oxygens (including phenoxy) is 1. The number of esters is 1. The molecule has 4 heteroatoms. The first kappa shape index (κ1) is 22.0. The van der Waals surface area contributed by atoms with E-state index in [1.807, 2.05) is 97.9 Å². The minimum absolute atomic E-state index is 0.232. The summed E-state index contributed by atoms with van der Waals surface area (Å²) >= 11 is 0. The lowest BCUT2D eigenvalue weighted by Crippen LogP contribution is -2.65. The molecule has 3 aromatic carbocycles. The van der Waals surface area contributed by atoms with Crippen molar-refractivity contribution < 1.29 is 14.3 Å². The Morgan fingerprint density at radius 3 is 1.77 bits per heavy atom. The highest BCUT2D eigenvalue weighted by Crippen LogP contribution is 2.41. The van der Waals surface area contributed by atoms with Crippen molar-refractivity contribution in [1.82, 2.24) is 0 Å². The SMILES string of the molecule is C[C@H](CC(C)(C)[Si](O)(c1ccccc1)c1ccccc1)C(=O)OCc1ccccc1. The van der Waals surface area contributed by atoms with Crippen LogP contribution < -0.4 is 10.4 Å². The summed E-state index contributed by atoms with van der Waals surface area (Å²) in [5.74, 6) is -0.556. The van der Waals surface area contributed by atoms with Crippen LogP contribution in [0, 0.1) is 5.92 Å². The van der Waals surface area contributed by atoms with Gasteiger partial charge in [0.25, 0.3) is 8.32 Å². The maximum Gasteiger partial charge on any atom is 0.308 e. The third kappa shape index (κ3) is 4.72. The lowest BCUT2D eigenvalue weighted by atomic mass is 9.98. The zero-order valence-electron chi connectivity index (χ0n) is 17.9. The van der Waals surface area contributed by atoms with Crippen LogP contribution in [0.2, 0.25) is 5.04 Å². The molecular formula is C26H30O3Si. The number of carbonyl (C=O) groups is 1. The zero-order chi connectivity index (χ0) is 21.6. The Morgan fingerprint density at radius 1 is 0.867 bits per heavy atom. The molecule has 1 atom stereocenters. The van der Waals surface area contributed by atoms with Gasteiger partial charge in [-0.2, -0.15) is 0 Å². The highest BCUT2D eigenvalue weighted by Gasteiger charge is 2.50. The number of hydrogen-bond acceptors (Lipinski definition) is 3. The van der Waals surface area contributed by atoms with Crippen molar-refractivity contribution in [2.45, 2.75) is 38.8 Å². The molecular weight excluding hydrogens is 388 g/mol. The van der Waals surface area contributed by atoms with Crippen LogP contribution in [0.4, 0.5) is 0 Å². The summed E-state index contributed by atoms with van der Waals surface area (Å²) < 4.78 is 5.55. The molecule has 0 radical (unpaired) electrons. The Labute approximate surface area is 180 Å². The van der Waals surface area contributed by atoms with Gasteiger partial charge in [0.2, 0.25) is 0 Å². The molecule has 156 valence electrons. The Bertz CT molecular complexity index is 900. The van der Waals surface area contributed by atoms with E-state index in [1.165, 1.54) is 0 Å². The average Bonchev–Trinajstić information content (AvgIpc) is 2.78. The van der Waals surface area contributed by atoms with E-state index in [2.05, 4.69) is 13.8 Å². The molecule has 0 amide bonds. The molecule has 0 aromatic heterocycles. The van der Waals surface area contributed by atoms with Crippen LogP contribution in [0.25, 0.3) is 0 Å². The van der Waals surface area contributed by atoms with Gasteiger partial charge in [-0.05, 0) is 27.4 Å². The Kier molecular flexibility index (Phi) is 6.90. The molecule has 1 N–H and O–H groups in total. The van der Waals surface area contributed by atoms with E-state index in [4.69, 9.17) is 4.74 Å². The number of rotatable bonds is 8. The van der Waals surface area contributed by atoms with Crippen molar-refractivity contribution in [2.24, 2.45) is 5.92 Å². The van der Waals surface area contributed by atoms with E-state index in [0.717, 1.165) is 15.9 Å². The lowest BCUT2D eigenvalue weighted by molar-refractivity contribution is -0.149. The molecule has 0 heterocycles. The predicted molar refractivity (Wildman–Crippen MR) is 124 cm³/mol. The predicted octanol–water partition coefficient (Wildman–Crippen LogP) is 4.29. The van der Waals surface area contributed by atoms with Crippen molar-refractivity contribution in [1.29, 1.82) is 0 Å². The molecule has 3 rings (SSSR count). The van der Waals surface area contributed by atoms with E-state index >= 15 is 0 Å². The molecule has 0 saturated heterocycles. The maximum absolute atomic E-state index is 12.7. The number of benzene rings is 3. The summed E-state index contributed by atoms with van der Waals surface area (Å²) in [5, 5.41) is 1.41. The third-order valence-electron chi connectivity index (χ3n) is 5.81. The Hall–Kier alpha value is -2.69. The maximum atomic E-state index is 12.7. The fraction of sp³-hybridized carbons (Fsp3) is 0.269. The number of carbonyl (C=O) groups excluding carboxylic acids is 1. The lowest BCUT2D eigenvalue weighted by Gasteiger charge is -2.42. The first-order valence-electron chi connectivity index (χ1n) is 10.4. The summed E-state index contributed by atoms with van der Waals surface area (Å²) in [4.78, 5) is 24.9. The summed E-state index contributed by atoms with van der Waals surface area (Å²) in [6.07, 6.45) is 0.535. The van der Waals surface area contributed by atoms with Crippen LogP contribution in [-0.2, 0) is 16.1 Å². The highest BCUT2D eigenvalue weighted by molar-refractivity contribution is 6.98. The largest absolute Gasteiger partial charge is 0.461 e. The molecule has 0 aliphatic rings. The minimum atomic E-state index is -3.13. The van der Waals surface area contributed by atoms with Crippen molar-refractivity contribution in [3.8, 4) is 0 Å². The molecule has 0 fully saturated rings. The first-order chi connectivity index (χ1) is 14.3. The van der Waals surface area contributed by atoms with Gasteiger partial charge in [-0.1, -0.05) is 112 Å². The molecule has 3 aromatic rings. The van der Waals surface area contributed by atoms with Crippen molar-refractivity contribution in [3.63, 3.8) is 0 Å². The molecule has 30 heavy (non-hydrogen) atoms. The van der Waals surface area contributed by atoms with E-state index in [0.29, 0.717) is 6.42 Å². The Balaban J connectivity index is 1.82. The quantitative estimate of drug-likeness (QED) is 0.438. The molecule has 0 spiro atoms. The highest BCUT2D eigenvalue weighted by atomic mass is 28.4. The van der Waals surface area contributed by atoms with Gasteiger partial charge < -0.3 is 9.53 Å². The fourth-order valence-corrected chi connectivity index (χ4v) is 8.02. The first-order valence-corrected chi connectivity index (χ1v) is 12.3. The van der Waals surface area contributed by atoms with Gasteiger partial charge in [0.15, 0.2) is 0 Å². The van der Waals surface area contributed by atoms with Crippen LogP contribution in [-0.4, -0.2) is 19.1 Å². The smallest absolute Gasteiger partial charge is 0.308 e. The van der Waals surface area contributed by atoms with Crippen LogP contribution in [0.3, 0.4) is 0 Å². The van der Waals surface area contributed by atoms with Gasteiger partial charge in [-0.15, -0.1) is 0 Å². The topological polar surface area (TPSA) is 46.5 Å². The fourth-order valence-electron chi connectivity index (χ4n) is 4.17. The van der Waals surface area contributed by atoms with Crippen molar-refractivity contribution in [3.05, 3.63) is 96.6 Å². The average molecular weight is 419 g/mol. The minimum Gasteiger partial charge on any atom is -0.461 e.